The molecule has 0 bridgehead atoms. The van der Waals surface area contributed by atoms with E-state index in [1.807, 2.05) is 60.7 Å². The van der Waals surface area contributed by atoms with E-state index in [0.29, 0.717) is 0 Å². The van der Waals surface area contributed by atoms with E-state index in [2.05, 4.69) is 22.3 Å². The maximum absolute atomic E-state index is 4.19. The molecule has 3 rings (SSSR count). The molecular weight excluding hydrogens is 220 g/mol. The van der Waals surface area contributed by atoms with Crippen LogP contribution in [0.3, 0.4) is 0 Å². The molecule has 0 aliphatic carbocycles. The molecule has 0 aliphatic heterocycles. The molecule has 0 unspecified atom stereocenters. The fourth-order valence-corrected chi connectivity index (χ4v) is 1.83. The van der Waals surface area contributed by atoms with Gasteiger partial charge in [0.15, 0.2) is 0 Å². The second-order valence-corrected chi connectivity index (χ2v) is 4.07. The Morgan fingerprint density at radius 1 is 0.722 bits per heavy atom. The van der Waals surface area contributed by atoms with E-state index < -0.39 is 0 Å². The van der Waals surface area contributed by atoms with Gasteiger partial charge in [0.1, 0.15) is 0 Å². The quantitative estimate of drug-likeness (QED) is 0.671. The van der Waals surface area contributed by atoms with Gasteiger partial charge in [0, 0.05) is 5.39 Å². The van der Waals surface area contributed by atoms with E-state index in [0.717, 1.165) is 22.2 Å². The fraction of sp³-hybridized carbons (Fsp3) is 0. The lowest BCUT2D eigenvalue weighted by Gasteiger charge is -1.97. The van der Waals surface area contributed by atoms with Crippen molar-refractivity contribution in [3.8, 4) is 0 Å². The normalized spacial score (nSPS) is 11.1. The maximum Gasteiger partial charge on any atom is 0.0930 e. The lowest BCUT2D eigenvalue weighted by molar-refractivity contribution is 1.06. The van der Waals surface area contributed by atoms with Gasteiger partial charge in [0.2, 0.25) is 0 Å². The molecule has 3 aromatic rings. The van der Waals surface area contributed by atoms with Gasteiger partial charge in [-0.15, -0.1) is 5.10 Å². The number of benzene rings is 2. The molecule has 0 fully saturated rings. The molecule has 0 saturated carbocycles. The molecule has 86 valence electrons. The first-order valence-corrected chi connectivity index (χ1v) is 5.87. The zero-order chi connectivity index (χ0) is 12.2. The maximum atomic E-state index is 4.19. The minimum atomic E-state index is 0.873. The van der Waals surface area contributed by atoms with Crippen molar-refractivity contribution in [3.63, 3.8) is 0 Å². The van der Waals surface area contributed by atoms with Gasteiger partial charge >= 0.3 is 0 Å². The second-order valence-electron chi connectivity index (χ2n) is 4.07. The van der Waals surface area contributed by atoms with E-state index in [1.54, 1.807) is 0 Å². The zero-order valence-electron chi connectivity index (χ0n) is 9.82. The second kappa shape index (κ2) is 4.80. The summed E-state index contributed by atoms with van der Waals surface area (Å²) >= 11 is 0. The molecule has 1 aromatic heterocycles. The van der Waals surface area contributed by atoms with E-state index >= 15 is 0 Å². The number of nitrogens with zero attached hydrogens (tertiary/aromatic N) is 2. The van der Waals surface area contributed by atoms with Crippen LogP contribution >= 0.6 is 0 Å². The van der Waals surface area contributed by atoms with Gasteiger partial charge in [0.05, 0.1) is 11.2 Å². The molecule has 18 heavy (non-hydrogen) atoms. The summed E-state index contributed by atoms with van der Waals surface area (Å²) in [6.45, 7) is 0. The summed E-state index contributed by atoms with van der Waals surface area (Å²) in [7, 11) is 0. The SMILES string of the molecule is C(=Cc1cc2ccccc2nn1)c1ccccc1. The van der Waals surface area contributed by atoms with E-state index in [-0.39, 0.29) is 0 Å². The van der Waals surface area contributed by atoms with Crippen molar-refractivity contribution in [2.45, 2.75) is 0 Å². The van der Waals surface area contributed by atoms with Crippen molar-refractivity contribution in [2.24, 2.45) is 0 Å². The molecule has 0 N–H and O–H groups in total. The third-order valence-corrected chi connectivity index (χ3v) is 2.76. The smallest absolute Gasteiger partial charge is 0.0930 e. The first kappa shape index (κ1) is 10.7. The largest absolute Gasteiger partial charge is 0.151 e. The van der Waals surface area contributed by atoms with Crippen molar-refractivity contribution < 1.29 is 0 Å². The number of aromatic nitrogens is 2. The lowest BCUT2D eigenvalue weighted by Crippen LogP contribution is -1.87. The Morgan fingerprint density at radius 2 is 1.50 bits per heavy atom. The Morgan fingerprint density at radius 3 is 2.39 bits per heavy atom. The number of hydrogen-bond donors (Lipinski definition) is 0. The van der Waals surface area contributed by atoms with E-state index in [4.69, 9.17) is 0 Å². The molecular formula is C16H12N2. The van der Waals surface area contributed by atoms with Crippen LogP contribution in [0.2, 0.25) is 0 Å². The predicted octanol–water partition coefficient (Wildman–Crippen LogP) is 3.80. The average molecular weight is 232 g/mol. The van der Waals surface area contributed by atoms with Gasteiger partial charge in [-0.1, -0.05) is 54.6 Å². The molecule has 0 saturated heterocycles. The van der Waals surface area contributed by atoms with Crippen LogP contribution in [0.25, 0.3) is 23.1 Å². The van der Waals surface area contributed by atoms with Gasteiger partial charge in [0.25, 0.3) is 0 Å². The lowest BCUT2D eigenvalue weighted by atomic mass is 10.2. The predicted molar refractivity (Wildman–Crippen MR) is 74.9 cm³/mol. The van der Waals surface area contributed by atoms with Crippen LogP contribution in [0.4, 0.5) is 0 Å². The molecule has 1 heterocycles. The monoisotopic (exact) mass is 232 g/mol. The van der Waals surface area contributed by atoms with Gasteiger partial charge in [-0.3, -0.25) is 0 Å². The van der Waals surface area contributed by atoms with E-state index in [9.17, 15) is 0 Å². The van der Waals surface area contributed by atoms with Crippen molar-refractivity contribution in [2.75, 3.05) is 0 Å². The highest BCUT2D eigenvalue weighted by Gasteiger charge is 1.95. The van der Waals surface area contributed by atoms with Gasteiger partial charge in [-0.05, 0) is 23.8 Å². The van der Waals surface area contributed by atoms with Crippen LogP contribution in [0.15, 0.2) is 60.7 Å². The summed E-state index contributed by atoms with van der Waals surface area (Å²) in [5, 5.41) is 9.49. The van der Waals surface area contributed by atoms with Crippen LogP contribution in [0.1, 0.15) is 11.3 Å². The van der Waals surface area contributed by atoms with Crippen molar-refractivity contribution >= 4 is 23.1 Å². The van der Waals surface area contributed by atoms with Gasteiger partial charge in [-0.25, -0.2) is 0 Å². The fourth-order valence-electron chi connectivity index (χ4n) is 1.83. The molecule has 2 nitrogen and oxygen atoms in total. The Balaban J connectivity index is 1.93. The van der Waals surface area contributed by atoms with Crippen LogP contribution in [-0.4, -0.2) is 10.2 Å². The number of hydrogen-bond acceptors (Lipinski definition) is 2. The molecule has 0 spiro atoms. The van der Waals surface area contributed by atoms with Crippen molar-refractivity contribution in [1.29, 1.82) is 0 Å². The Bertz CT molecular complexity index is 688. The minimum Gasteiger partial charge on any atom is -0.151 e. The molecule has 0 atom stereocenters. The van der Waals surface area contributed by atoms with Crippen LogP contribution in [0, 0.1) is 0 Å². The highest BCUT2D eigenvalue weighted by atomic mass is 15.1. The summed E-state index contributed by atoms with van der Waals surface area (Å²) in [4.78, 5) is 0. The first-order chi connectivity index (χ1) is 8.92. The number of rotatable bonds is 2. The molecule has 0 aliphatic rings. The highest BCUT2D eigenvalue weighted by molar-refractivity contribution is 5.80. The summed E-state index contributed by atoms with van der Waals surface area (Å²) in [6.07, 6.45) is 4.02. The summed E-state index contributed by atoms with van der Waals surface area (Å²) < 4.78 is 0. The van der Waals surface area contributed by atoms with Gasteiger partial charge in [-0.2, -0.15) is 5.10 Å². The highest BCUT2D eigenvalue weighted by Crippen LogP contribution is 2.12. The Kier molecular flexibility index (Phi) is 2.84. The van der Waals surface area contributed by atoms with E-state index in [1.165, 1.54) is 0 Å². The Hall–Kier alpha value is -2.48. The zero-order valence-corrected chi connectivity index (χ0v) is 9.82. The molecule has 0 radical (unpaired) electrons. The summed E-state index contributed by atoms with van der Waals surface area (Å²) in [5.41, 5.74) is 2.96. The molecule has 2 aromatic carbocycles. The first-order valence-electron chi connectivity index (χ1n) is 5.87. The van der Waals surface area contributed by atoms with Crippen LogP contribution < -0.4 is 0 Å². The topological polar surface area (TPSA) is 25.8 Å². The third kappa shape index (κ3) is 2.28. The van der Waals surface area contributed by atoms with Crippen molar-refractivity contribution in [3.05, 3.63) is 71.9 Å². The summed E-state index contributed by atoms with van der Waals surface area (Å²) in [5.74, 6) is 0. The average Bonchev–Trinajstić information content (AvgIpc) is 2.46. The minimum absolute atomic E-state index is 0.873. The third-order valence-electron chi connectivity index (χ3n) is 2.76. The summed E-state index contributed by atoms with van der Waals surface area (Å²) in [6, 6.07) is 20.2. The van der Waals surface area contributed by atoms with Crippen molar-refractivity contribution in [1.82, 2.24) is 10.2 Å². The van der Waals surface area contributed by atoms with Gasteiger partial charge < -0.3 is 0 Å². The molecule has 0 amide bonds. The molecule has 2 heteroatoms. The Labute approximate surface area is 106 Å². The standard InChI is InChI=1S/C16H12N2/c1-2-6-13(7-3-1)10-11-15-12-14-8-4-5-9-16(14)18-17-15/h1-12H. The van der Waals surface area contributed by atoms with Crippen LogP contribution in [-0.2, 0) is 0 Å². The van der Waals surface area contributed by atoms with Crippen LogP contribution in [0.5, 0.6) is 0 Å². The number of fused-ring (bicyclic) bond motifs is 1.